The minimum atomic E-state index is -0.219. The Balaban J connectivity index is 1.59. The zero-order chi connectivity index (χ0) is 17.4. The van der Waals surface area contributed by atoms with Crippen LogP contribution in [0.4, 0.5) is 5.69 Å². The molecule has 3 aromatic rings. The van der Waals surface area contributed by atoms with E-state index < -0.39 is 0 Å². The molecule has 1 aromatic carbocycles. The molecule has 1 aliphatic heterocycles. The number of amides is 1. The molecule has 1 fully saturated rings. The highest BCUT2D eigenvalue weighted by Crippen LogP contribution is 2.34. The molecule has 3 heterocycles. The number of rotatable bonds is 3. The summed E-state index contributed by atoms with van der Waals surface area (Å²) in [6.07, 6.45) is 4.47. The number of nitrogens with one attached hydrogen (secondary N) is 2. The molecule has 0 bridgehead atoms. The molecular formula is C20H23N3O2. The number of carbonyl (C=O) groups excluding carboxylic acids is 1. The van der Waals surface area contributed by atoms with E-state index in [0.717, 1.165) is 30.1 Å². The van der Waals surface area contributed by atoms with Gasteiger partial charge < -0.3 is 19.6 Å². The van der Waals surface area contributed by atoms with Crippen LogP contribution in [-0.4, -0.2) is 35.9 Å². The van der Waals surface area contributed by atoms with Gasteiger partial charge in [0.2, 0.25) is 0 Å². The van der Waals surface area contributed by atoms with Crippen LogP contribution in [0.3, 0.4) is 0 Å². The van der Waals surface area contributed by atoms with Crippen molar-refractivity contribution < 1.29 is 9.21 Å². The van der Waals surface area contributed by atoms with E-state index in [1.54, 1.807) is 12.1 Å². The monoisotopic (exact) mass is 337 g/mol. The van der Waals surface area contributed by atoms with Gasteiger partial charge in [-0.25, -0.2) is 0 Å². The second-order valence-electron chi connectivity index (χ2n) is 6.95. The lowest BCUT2D eigenvalue weighted by Crippen LogP contribution is -2.29. The lowest BCUT2D eigenvalue weighted by atomic mass is 9.89. The molecule has 5 heteroatoms. The van der Waals surface area contributed by atoms with Crippen LogP contribution in [0.1, 0.15) is 40.6 Å². The first kappa shape index (κ1) is 16.0. The molecule has 25 heavy (non-hydrogen) atoms. The molecule has 0 saturated carbocycles. The number of piperidine rings is 1. The Hall–Kier alpha value is -2.53. The standard InChI is InChI=1S/C20H23N3O2/c1-13-3-6-19(25-13)20(24)22-15-4-5-18-16(11-15)17(12-21-18)14-7-9-23(2)10-8-14/h3-6,11-12,14,21H,7-10H2,1-2H3,(H,22,24). The summed E-state index contributed by atoms with van der Waals surface area (Å²) < 4.78 is 5.40. The van der Waals surface area contributed by atoms with E-state index in [1.807, 2.05) is 19.1 Å². The third-order valence-electron chi connectivity index (χ3n) is 5.09. The number of nitrogens with zero attached hydrogens (tertiary/aromatic N) is 1. The SMILES string of the molecule is Cc1ccc(C(=O)Nc2ccc3[nH]cc(C4CCN(C)CC4)c3c2)o1. The summed E-state index contributed by atoms with van der Waals surface area (Å²) >= 11 is 0. The van der Waals surface area contributed by atoms with Crippen LogP contribution < -0.4 is 5.32 Å². The molecule has 0 spiro atoms. The fourth-order valence-electron chi connectivity index (χ4n) is 3.63. The smallest absolute Gasteiger partial charge is 0.291 e. The maximum atomic E-state index is 12.3. The van der Waals surface area contributed by atoms with E-state index in [4.69, 9.17) is 4.42 Å². The molecule has 1 saturated heterocycles. The number of aromatic amines is 1. The van der Waals surface area contributed by atoms with E-state index in [0.29, 0.717) is 11.7 Å². The molecule has 1 amide bonds. The molecule has 4 rings (SSSR count). The van der Waals surface area contributed by atoms with E-state index in [2.05, 4.69) is 34.5 Å². The van der Waals surface area contributed by atoms with Crippen molar-refractivity contribution in [2.75, 3.05) is 25.5 Å². The van der Waals surface area contributed by atoms with Crippen molar-refractivity contribution in [3.8, 4) is 0 Å². The number of H-pyrrole nitrogens is 1. The zero-order valence-corrected chi connectivity index (χ0v) is 14.6. The number of carbonyl (C=O) groups is 1. The van der Waals surface area contributed by atoms with Crippen molar-refractivity contribution in [3.63, 3.8) is 0 Å². The van der Waals surface area contributed by atoms with Gasteiger partial charge in [-0.1, -0.05) is 0 Å². The quantitative estimate of drug-likeness (QED) is 0.755. The summed E-state index contributed by atoms with van der Waals surface area (Å²) in [5.41, 5.74) is 3.26. The second-order valence-corrected chi connectivity index (χ2v) is 6.95. The molecule has 1 aliphatic rings. The zero-order valence-electron chi connectivity index (χ0n) is 14.6. The van der Waals surface area contributed by atoms with Gasteiger partial charge in [0, 0.05) is 22.8 Å². The van der Waals surface area contributed by atoms with Crippen molar-refractivity contribution in [2.45, 2.75) is 25.7 Å². The van der Waals surface area contributed by atoms with Gasteiger partial charge >= 0.3 is 0 Å². The molecular weight excluding hydrogens is 314 g/mol. The van der Waals surface area contributed by atoms with Crippen LogP contribution in [-0.2, 0) is 0 Å². The van der Waals surface area contributed by atoms with E-state index in [9.17, 15) is 4.79 Å². The number of hydrogen-bond donors (Lipinski definition) is 2. The van der Waals surface area contributed by atoms with Crippen LogP contribution in [0.2, 0.25) is 0 Å². The minimum absolute atomic E-state index is 0.219. The van der Waals surface area contributed by atoms with Crippen molar-refractivity contribution in [1.82, 2.24) is 9.88 Å². The van der Waals surface area contributed by atoms with Crippen LogP contribution >= 0.6 is 0 Å². The summed E-state index contributed by atoms with van der Waals surface area (Å²) in [5.74, 6) is 1.42. The van der Waals surface area contributed by atoms with Crippen molar-refractivity contribution in [3.05, 3.63) is 53.6 Å². The number of hydrogen-bond acceptors (Lipinski definition) is 3. The van der Waals surface area contributed by atoms with Crippen molar-refractivity contribution in [2.24, 2.45) is 0 Å². The third kappa shape index (κ3) is 3.20. The lowest BCUT2D eigenvalue weighted by Gasteiger charge is -2.28. The number of furan rings is 1. The number of aromatic nitrogens is 1. The number of benzene rings is 1. The maximum Gasteiger partial charge on any atom is 0.291 e. The molecule has 0 unspecified atom stereocenters. The summed E-state index contributed by atoms with van der Waals surface area (Å²) in [7, 11) is 2.18. The molecule has 0 atom stereocenters. The first-order valence-corrected chi connectivity index (χ1v) is 8.77. The predicted molar refractivity (Wildman–Crippen MR) is 99.2 cm³/mol. The van der Waals surface area contributed by atoms with Crippen LogP contribution in [0.15, 0.2) is 40.9 Å². The molecule has 2 aromatic heterocycles. The fraction of sp³-hybridized carbons (Fsp3) is 0.350. The Bertz CT molecular complexity index is 901. The van der Waals surface area contributed by atoms with Gasteiger partial charge in [0.1, 0.15) is 5.76 Å². The third-order valence-corrected chi connectivity index (χ3v) is 5.09. The highest BCUT2D eigenvalue weighted by Gasteiger charge is 2.21. The van der Waals surface area contributed by atoms with Gasteiger partial charge in [0.25, 0.3) is 5.91 Å². The van der Waals surface area contributed by atoms with Gasteiger partial charge in [-0.2, -0.15) is 0 Å². The number of aryl methyl sites for hydroxylation is 1. The van der Waals surface area contributed by atoms with Gasteiger partial charge in [0.05, 0.1) is 0 Å². The minimum Gasteiger partial charge on any atom is -0.456 e. The number of likely N-dealkylation sites (tertiary alicyclic amines) is 1. The maximum absolute atomic E-state index is 12.3. The van der Waals surface area contributed by atoms with Gasteiger partial charge in [-0.3, -0.25) is 4.79 Å². The summed E-state index contributed by atoms with van der Waals surface area (Å²) in [5, 5.41) is 4.13. The normalized spacial score (nSPS) is 16.4. The first-order chi connectivity index (χ1) is 12.1. The van der Waals surface area contributed by atoms with Gasteiger partial charge in [-0.05, 0) is 81.7 Å². The molecule has 0 radical (unpaired) electrons. The molecule has 5 nitrogen and oxygen atoms in total. The van der Waals surface area contributed by atoms with E-state index in [-0.39, 0.29) is 5.91 Å². The van der Waals surface area contributed by atoms with Gasteiger partial charge in [0.15, 0.2) is 5.76 Å². The molecule has 130 valence electrons. The molecule has 2 N–H and O–H groups in total. The highest BCUT2D eigenvalue weighted by atomic mass is 16.3. The highest BCUT2D eigenvalue weighted by molar-refractivity contribution is 6.03. The number of fused-ring (bicyclic) bond motifs is 1. The van der Waals surface area contributed by atoms with Crippen LogP contribution in [0.5, 0.6) is 0 Å². The average Bonchev–Trinajstić information content (AvgIpc) is 3.22. The summed E-state index contributed by atoms with van der Waals surface area (Å²) in [6.45, 7) is 4.09. The Morgan fingerprint density at radius 2 is 2.04 bits per heavy atom. The van der Waals surface area contributed by atoms with E-state index >= 15 is 0 Å². The Kier molecular flexibility index (Phi) is 4.09. The van der Waals surface area contributed by atoms with Crippen molar-refractivity contribution >= 4 is 22.5 Å². The van der Waals surface area contributed by atoms with E-state index in [1.165, 1.54) is 23.8 Å². The Labute approximate surface area is 147 Å². The second kappa shape index (κ2) is 6.41. The summed E-state index contributed by atoms with van der Waals surface area (Å²) in [4.78, 5) is 18.1. The first-order valence-electron chi connectivity index (χ1n) is 8.77. The predicted octanol–water partition coefficient (Wildman–Crippen LogP) is 4.13. The molecule has 0 aliphatic carbocycles. The summed E-state index contributed by atoms with van der Waals surface area (Å²) in [6, 6.07) is 9.50. The Morgan fingerprint density at radius 1 is 1.24 bits per heavy atom. The Morgan fingerprint density at radius 3 is 2.76 bits per heavy atom. The topological polar surface area (TPSA) is 61.3 Å². The van der Waals surface area contributed by atoms with Crippen LogP contribution in [0.25, 0.3) is 10.9 Å². The largest absolute Gasteiger partial charge is 0.456 e. The fourth-order valence-corrected chi connectivity index (χ4v) is 3.63. The van der Waals surface area contributed by atoms with Crippen LogP contribution in [0, 0.1) is 6.92 Å². The number of anilines is 1. The van der Waals surface area contributed by atoms with Crippen molar-refractivity contribution in [1.29, 1.82) is 0 Å². The average molecular weight is 337 g/mol. The van der Waals surface area contributed by atoms with Gasteiger partial charge in [-0.15, -0.1) is 0 Å². The lowest BCUT2D eigenvalue weighted by molar-refractivity contribution is 0.0995.